The molecule has 0 radical (unpaired) electrons. The van der Waals surface area contributed by atoms with Gasteiger partial charge in [-0.15, -0.1) is 0 Å². The van der Waals surface area contributed by atoms with E-state index in [1.807, 2.05) is 22.7 Å². The lowest BCUT2D eigenvalue weighted by Crippen LogP contribution is -2.23. The molecule has 0 aliphatic rings. The van der Waals surface area contributed by atoms with Gasteiger partial charge in [0.1, 0.15) is 5.65 Å². The fourth-order valence-corrected chi connectivity index (χ4v) is 3.33. The number of halogens is 1. The van der Waals surface area contributed by atoms with E-state index in [2.05, 4.69) is 25.6 Å². The zero-order chi connectivity index (χ0) is 14.9. The maximum Gasteiger partial charge on any atom is 0.240 e. The van der Waals surface area contributed by atoms with Crippen LogP contribution in [0.25, 0.3) is 5.65 Å². The number of hydrogen-bond donors (Lipinski definition) is 1. The molecule has 1 aromatic carbocycles. The monoisotopic (exact) mass is 365 g/mol. The predicted octanol–water partition coefficient (Wildman–Crippen LogP) is 2.58. The van der Waals surface area contributed by atoms with Crippen LogP contribution in [0.3, 0.4) is 0 Å². The molecular weight excluding hydrogens is 354 g/mol. The van der Waals surface area contributed by atoms with Crippen LogP contribution < -0.4 is 4.72 Å². The lowest BCUT2D eigenvalue weighted by Gasteiger charge is -2.04. The number of benzene rings is 1. The zero-order valence-corrected chi connectivity index (χ0v) is 13.3. The van der Waals surface area contributed by atoms with E-state index in [-0.39, 0.29) is 11.4 Å². The highest BCUT2D eigenvalue weighted by molar-refractivity contribution is 9.10. The molecule has 0 spiro atoms. The van der Waals surface area contributed by atoms with Gasteiger partial charge in [0.05, 0.1) is 17.1 Å². The molecule has 0 saturated heterocycles. The van der Waals surface area contributed by atoms with Gasteiger partial charge in [0, 0.05) is 16.9 Å². The standard InChI is InChI=1S/C14H12BrN3O2S/c15-11-6-7-14-17-12(10-18(14)9-11)8-16-21(19,20)13-4-2-1-3-5-13/h1-7,9-10,16H,8H2. The van der Waals surface area contributed by atoms with Gasteiger partial charge in [-0.2, -0.15) is 0 Å². The average Bonchev–Trinajstić information content (AvgIpc) is 2.88. The molecule has 3 rings (SSSR count). The molecule has 0 aliphatic carbocycles. The minimum Gasteiger partial charge on any atom is -0.306 e. The molecular formula is C14H12BrN3O2S. The van der Waals surface area contributed by atoms with Crippen molar-refractivity contribution in [1.82, 2.24) is 14.1 Å². The van der Waals surface area contributed by atoms with E-state index in [1.54, 1.807) is 36.5 Å². The van der Waals surface area contributed by atoms with Crippen molar-refractivity contribution in [3.8, 4) is 0 Å². The summed E-state index contributed by atoms with van der Waals surface area (Å²) in [6.45, 7) is 0.149. The third-order valence-corrected chi connectivity index (χ3v) is 4.85. The molecule has 2 heterocycles. The molecule has 0 aliphatic heterocycles. The van der Waals surface area contributed by atoms with Gasteiger partial charge >= 0.3 is 0 Å². The smallest absolute Gasteiger partial charge is 0.240 e. The highest BCUT2D eigenvalue weighted by atomic mass is 79.9. The summed E-state index contributed by atoms with van der Waals surface area (Å²) in [4.78, 5) is 4.61. The Bertz CT molecular complexity index is 876. The predicted molar refractivity (Wildman–Crippen MR) is 83.4 cm³/mol. The van der Waals surface area contributed by atoms with Crippen LogP contribution in [0.1, 0.15) is 5.69 Å². The normalized spacial score (nSPS) is 11.9. The van der Waals surface area contributed by atoms with Crippen LogP contribution in [0.5, 0.6) is 0 Å². The van der Waals surface area contributed by atoms with Crippen molar-refractivity contribution in [2.24, 2.45) is 0 Å². The second kappa shape index (κ2) is 5.59. The molecule has 0 unspecified atom stereocenters. The molecule has 0 fully saturated rings. The number of pyridine rings is 1. The largest absolute Gasteiger partial charge is 0.306 e. The molecule has 21 heavy (non-hydrogen) atoms. The van der Waals surface area contributed by atoms with E-state index >= 15 is 0 Å². The fourth-order valence-electron chi connectivity index (χ4n) is 1.95. The number of aromatic nitrogens is 2. The van der Waals surface area contributed by atoms with E-state index < -0.39 is 10.0 Å². The first-order valence-electron chi connectivity index (χ1n) is 6.22. The summed E-state index contributed by atoms with van der Waals surface area (Å²) in [5.74, 6) is 0. The summed E-state index contributed by atoms with van der Waals surface area (Å²) in [6.07, 6.45) is 3.67. The lowest BCUT2D eigenvalue weighted by molar-refractivity contribution is 0.580. The van der Waals surface area contributed by atoms with Crippen molar-refractivity contribution >= 4 is 31.6 Å². The van der Waals surface area contributed by atoms with E-state index in [0.717, 1.165) is 10.1 Å². The SMILES string of the molecule is O=S(=O)(NCc1cn2cc(Br)ccc2n1)c1ccccc1. The number of sulfonamides is 1. The van der Waals surface area contributed by atoms with Gasteiger partial charge in [0.15, 0.2) is 0 Å². The zero-order valence-electron chi connectivity index (χ0n) is 10.9. The summed E-state index contributed by atoms with van der Waals surface area (Å²) in [6, 6.07) is 12.0. The van der Waals surface area contributed by atoms with Gasteiger partial charge in [0.25, 0.3) is 0 Å². The minimum absolute atomic E-state index is 0.149. The molecule has 2 aromatic heterocycles. The van der Waals surface area contributed by atoms with Gasteiger partial charge in [0.2, 0.25) is 10.0 Å². The first-order chi connectivity index (χ1) is 10.0. The average molecular weight is 366 g/mol. The van der Waals surface area contributed by atoms with Gasteiger partial charge in [-0.05, 0) is 40.2 Å². The number of nitrogens with zero attached hydrogens (tertiary/aromatic N) is 2. The maximum absolute atomic E-state index is 12.1. The van der Waals surface area contributed by atoms with Crippen LogP contribution in [-0.2, 0) is 16.6 Å². The molecule has 7 heteroatoms. The number of nitrogens with one attached hydrogen (secondary N) is 1. The van der Waals surface area contributed by atoms with Crippen LogP contribution in [-0.4, -0.2) is 17.8 Å². The van der Waals surface area contributed by atoms with Crippen LogP contribution in [0.2, 0.25) is 0 Å². The first kappa shape index (κ1) is 14.2. The molecule has 5 nitrogen and oxygen atoms in total. The summed E-state index contributed by atoms with van der Waals surface area (Å²) in [5, 5.41) is 0. The third-order valence-electron chi connectivity index (χ3n) is 2.96. The highest BCUT2D eigenvalue weighted by Gasteiger charge is 2.13. The molecule has 1 N–H and O–H groups in total. The minimum atomic E-state index is -3.51. The summed E-state index contributed by atoms with van der Waals surface area (Å²) < 4.78 is 29.6. The van der Waals surface area contributed by atoms with Gasteiger partial charge in [-0.25, -0.2) is 18.1 Å². The molecule has 0 amide bonds. The van der Waals surface area contributed by atoms with Crippen molar-refractivity contribution in [2.45, 2.75) is 11.4 Å². The van der Waals surface area contributed by atoms with E-state index in [1.165, 1.54) is 0 Å². The highest BCUT2D eigenvalue weighted by Crippen LogP contribution is 2.13. The Morgan fingerprint density at radius 3 is 2.62 bits per heavy atom. The Morgan fingerprint density at radius 1 is 1.10 bits per heavy atom. The quantitative estimate of drug-likeness (QED) is 0.772. The lowest BCUT2D eigenvalue weighted by atomic mass is 10.4. The Kier molecular flexibility index (Phi) is 3.79. The molecule has 3 aromatic rings. The second-order valence-corrected chi connectivity index (χ2v) is 7.17. The Labute approximate surface area is 130 Å². The number of imidazole rings is 1. The summed E-state index contributed by atoms with van der Waals surface area (Å²) in [5.41, 5.74) is 1.43. The van der Waals surface area contributed by atoms with Crippen molar-refractivity contribution in [3.05, 3.63) is 65.0 Å². The Hall–Kier alpha value is -1.70. The number of rotatable bonds is 4. The van der Waals surface area contributed by atoms with Crippen LogP contribution in [0.15, 0.2) is 64.2 Å². The fraction of sp³-hybridized carbons (Fsp3) is 0.0714. The summed E-state index contributed by atoms with van der Waals surface area (Å²) >= 11 is 3.38. The Balaban J connectivity index is 1.80. The van der Waals surface area contributed by atoms with E-state index in [9.17, 15) is 8.42 Å². The van der Waals surface area contributed by atoms with Gasteiger partial charge in [-0.1, -0.05) is 18.2 Å². The van der Waals surface area contributed by atoms with E-state index in [0.29, 0.717) is 5.69 Å². The molecule has 0 saturated carbocycles. The van der Waals surface area contributed by atoms with Crippen LogP contribution in [0, 0.1) is 0 Å². The Morgan fingerprint density at radius 2 is 1.86 bits per heavy atom. The van der Waals surface area contributed by atoms with Crippen LogP contribution in [0.4, 0.5) is 0 Å². The van der Waals surface area contributed by atoms with E-state index in [4.69, 9.17) is 0 Å². The molecule has 0 atom stereocenters. The topological polar surface area (TPSA) is 63.5 Å². The van der Waals surface area contributed by atoms with Crippen molar-refractivity contribution in [2.75, 3.05) is 0 Å². The third kappa shape index (κ3) is 3.15. The van der Waals surface area contributed by atoms with Gasteiger partial charge < -0.3 is 4.40 Å². The van der Waals surface area contributed by atoms with Crippen molar-refractivity contribution < 1.29 is 8.42 Å². The molecule has 0 bridgehead atoms. The van der Waals surface area contributed by atoms with Gasteiger partial charge in [-0.3, -0.25) is 0 Å². The van der Waals surface area contributed by atoms with Crippen molar-refractivity contribution in [1.29, 1.82) is 0 Å². The summed E-state index contributed by atoms with van der Waals surface area (Å²) in [7, 11) is -3.51. The second-order valence-electron chi connectivity index (χ2n) is 4.48. The molecule has 108 valence electrons. The number of fused-ring (bicyclic) bond motifs is 1. The first-order valence-corrected chi connectivity index (χ1v) is 8.50. The van der Waals surface area contributed by atoms with Crippen molar-refractivity contribution in [3.63, 3.8) is 0 Å². The maximum atomic E-state index is 12.1. The number of hydrogen-bond acceptors (Lipinski definition) is 3. The van der Waals surface area contributed by atoms with Crippen LogP contribution >= 0.6 is 15.9 Å².